The predicted molar refractivity (Wildman–Crippen MR) is 54.2 cm³/mol. The van der Waals surface area contributed by atoms with Gasteiger partial charge in [0.25, 0.3) is 0 Å². The van der Waals surface area contributed by atoms with Crippen molar-refractivity contribution in [3.8, 4) is 0 Å². The molecule has 1 aromatic heterocycles. The van der Waals surface area contributed by atoms with E-state index in [0.717, 1.165) is 0 Å². The molecule has 66 valence electrons. The number of allylic oxidation sites excluding steroid dienone is 1. The molecule has 0 aliphatic heterocycles. The second kappa shape index (κ2) is 4.15. The molecule has 0 spiro atoms. The second-order valence-corrected chi connectivity index (χ2v) is 3.10. The fourth-order valence-corrected chi connectivity index (χ4v) is 1.42. The third-order valence-electron chi connectivity index (χ3n) is 2.14. The summed E-state index contributed by atoms with van der Waals surface area (Å²) in [5.41, 5.74) is 4.10. The highest BCUT2D eigenvalue weighted by Gasteiger charge is 2.02. The van der Waals surface area contributed by atoms with Gasteiger partial charge < -0.3 is 4.98 Å². The highest BCUT2D eigenvalue weighted by molar-refractivity contribution is 5.51. The van der Waals surface area contributed by atoms with Gasteiger partial charge in [0.1, 0.15) is 0 Å². The fraction of sp³-hybridized carbons (Fsp3) is 0.455. The first kappa shape index (κ1) is 9.11. The van der Waals surface area contributed by atoms with Crippen LogP contribution in [0, 0.1) is 6.92 Å². The summed E-state index contributed by atoms with van der Waals surface area (Å²) < 4.78 is 0. The van der Waals surface area contributed by atoms with Gasteiger partial charge in [-0.15, -0.1) is 0 Å². The van der Waals surface area contributed by atoms with Crippen molar-refractivity contribution >= 4 is 6.08 Å². The van der Waals surface area contributed by atoms with E-state index >= 15 is 0 Å². The summed E-state index contributed by atoms with van der Waals surface area (Å²) in [4.78, 5) is 3.27. The first-order valence-electron chi connectivity index (χ1n) is 4.59. The van der Waals surface area contributed by atoms with Gasteiger partial charge in [0, 0.05) is 11.9 Å². The Hall–Kier alpha value is -0.980. The summed E-state index contributed by atoms with van der Waals surface area (Å²) in [7, 11) is 0. The Morgan fingerprint density at radius 2 is 2.25 bits per heavy atom. The molecule has 1 N–H and O–H groups in total. The zero-order valence-corrected chi connectivity index (χ0v) is 8.15. The third kappa shape index (κ3) is 1.79. The Balaban J connectivity index is 2.88. The molecule has 1 rings (SSSR count). The SMILES string of the molecule is C/C=C\c1[nH]cc(CCC)c1C. The zero-order chi connectivity index (χ0) is 8.97. The first-order valence-corrected chi connectivity index (χ1v) is 4.59. The van der Waals surface area contributed by atoms with Crippen LogP contribution in [0.3, 0.4) is 0 Å². The number of aromatic amines is 1. The molecule has 0 bridgehead atoms. The molecule has 1 nitrogen and oxygen atoms in total. The van der Waals surface area contributed by atoms with Crippen molar-refractivity contribution in [2.75, 3.05) is 0 Å². The lowest BCUT2D eigenvalue weighted by atomic mass is 10.1. The largest absolute Gasteiger partial charge is 0.361 e. The molecule has 12 heavy (non-hydrogen) atoms. The maximum Gasteiger partial charge on any atom is 0.0409 e. The van der Waals surface area contributed by atoms with Crippen LogP contribution < -0.4 is 0 Å². The molecule has 0 aliphatic carbocycles. The van der Waals surface area contributed by atoms with Crippen LogP contribution >= 0.6 is 0 Å². The van der Waals surface area contributed by atoms with Gasteiger partial charge in [-0.05, 0) is 37.5 Å². The molecule has 1 heterocycles. The minimum Gasteiger partial charge on any atom is -0.361 e. The first-order chi connectivity index (χ1) is 5.79. The van der Waals surface area contributed by atoms with Gasteiger partial charge in [0.05, 0.1) is 0 Å². The van der Waals surface area contributed by atoms with Crippen LogP contribution in [0.15, 0.2) is 12.3 Å². The average Bonchev–Trinajstić information content (AvgIpc) is 2.38. The van der Waals surface area contributed by atoms with E-state index in [9.17, 15) is 0 Å². The number of aryl methyl sites for hydroxylation is 1. The van der Waals surface area contributed by atoms with Crippen LogP contribution in [0.25, 0.3) is 6.08 Å². The Labute approximate surface area is 74.5 Å². The normalized spacial score (nSPS) is 11.2. The Morgan fingerprint density at radius 1 is 1.50 bits per heavy atom. The average molecular weight is 163 g/mol. The van der Waals surface area contributed by atoms with Gasteiger partial charge in [-0.1, -0.05) is 19.4 Å². The van der Waals surface area contributed by atoms with Crippen molar-refractivity contribution in [1.82, 2.24) is 4.98 Å². The highest BCUT2D eigenvalue weighted by Crippen LogP contribution is 2.15. The van der Waals surface area contributed by atoms with E-state index in [2.05, 4.69) is 37.2 Å². The van der Waals surface area contributed by atoms with Crippen LogP contribution in [0.1, 0.15) is 37.1 Å². The fourth-order valence-electron chi connectivity index (χ4n) is 1.42. The van der Waals surface area contributed by atoms with E-state index < -0.39 is 0 Å². The van der Waals surface area contributed by atoms with Crippen molar-refractivity contribution in [2.24, 2.45) is 0 Å². The zero-order valence-electron chi connectivity index (χ0n) is 8.15. The minimum atomic E-state index is 1.18. The Bertz CT molecular complexity index is 269. The molecule has 0 saturated heterocycles. The molecule has 0 amide bonds. The highest BCUT2D eigenvalue weighted by atomic mass is 14.7. The molecular weight excluding hydrogens is 146 g/mol. The maximum absolute atomic E-state index is 3.27. The van der Waals surface area contributed by atoms with Crippen molar-refractivity contribution in [1.29, 1.82) is 0 Å². The standard InChI is InChI=1S/C11H17N/c1-4-6-10-8-12-11(7-5-2)9(10)3/h5,7-8,12H,4,6H2,1-3H3/b7-5-. The molecule has 1 heteroatoms. The van der Waals surface area contributed by atoms with Crippen molar-refractivity contribution < 1.29 is 0 Å². The molecule has 0 atom stereocenters. The number of hydrogen-bond donors (Lipinski definition) is 1. The van der Waals surface area contributed by atoms with E-state index in [1.54, 1.807) is 0 Å². The molecule has 0 unspecified atom stereocenters. The van der Waals surface area contributed by atoms with Crippen LogP contribution in [-0.2, 0) is 6.42 Å². The summed E-state index contributed by atoms with van der Waals surface area (Å²) in [6, 6.07) is 0. The third-order valence-corrected chi connectivity index (χ3v) is 2.14. The van der Waals surface area contributed by atoms with Gasteiger partial charge in [0.2, 0.25) is 0 Å². The van der Waals surface area contributed by atoms with Crippen LogP contribution in [0.5, 0.6) is 0 Å². The van der Waals surface area contributed by atoms with Crippen LogP contribution in [0.2, 0.25) is 0 Å². The Kier molecular flexibility index (Phi) is 3.15. The summed E-state index contributed by atoms with van der Waals surface area (Å²) in [6.07, 6.45) is 8.70. The monoisotopic (exact) mass is 163 g/mol. The number of rotatable bonds is 3. The molecular formula is C11H17N. The van der Waals surface area contributed by atoms with Crippen molar-refractivity contribution in [3.63, 3.8) is 0 Å². The Morgan fingerprint density at radius 3 is 2.83 bits per heavy atom. The van der Waals surface area contributed by atoms with E-state index in [-0.39, 0.29) is 0 Å². The molecule has 0 aliphatic rings. The lowest BCUT2D eigenvalue weighted by Gasteiger charge is -1.95. The lowest BCUT2D eigenvalue weighted by molar-refractivity contribution is 0.916. The van der Waals surface area contributed by atoms with Gasteiger partial charge in [-0.25, -0.2) is 0 Å². The maximum atomic E-state index is 3.27. The smallest absolute Gasteiger partial charge is 0.0409 e. The van der Waals surface area contributed by atoms with Crippen molar-refractivity contribution in [2.45, 2.75) is 33.6 Å². The topological polar surface area (TPSA) is 15.8 Å². The number of H-pyrrole nitrogens is 1. The number of hydrogen-bond acceptors (Lipinski definition) is 0. The van der Waals surface area contributed by atoms with Crippen LogP contribution in [-0.4, -0.2) is 4.98 Å². The molecule has 0 fully saturated rings. The van der Waals surface area contributed by atoms with Gasteiger partial charge >= 0.3 is 0 Å². The lowest BCUT2D eigenvalue weighted by Crippen LogP contribution is -1.82. The molecule has 0 aromatic carbocycles. The summed E-state index contributed by atoms with van der Waals surface area (Å²) in [5, 5.41) is 0. The molecule has 0 saturated carbocycles. The summed E-state index contributed by atoms with van der Waals surface area (Å²) >= 11 is 0. The minimum absolute atomic E-state index is 1.18. The molecule has 0 radical (unpaired) electrons. The summed E-state index contributed by atoms with van der Waals surface area (Å²) in [5.74, 6) is 0. The van der Waals surface area contributed by atoms with Crippen LogP contribution in [0.4, 0.5) is 0 Å². The van der Waals surface area contributed by atoms with E-state index in [1.807, 2.05) is 6.92 Å². The second-order valence-electron chi connectivity index (χ2n) is 3.10. The van der Waals surface area contributed by atoms with Gasteiger partial charge in [-0.3, -0.25) is 0 Å². The predicted octanol–water partition coefficient (Wildman–Crippen LogP) is 3.31. The molecule has 1 aromatic rings. The number of aromatic nitrogens is 1. The number of nitrogens with one attached hydrogen (secondary N) is 1. The van der Waals surface area contributed by atoms with Gasteiger partial charge in [-0.2, -0.15) is 0 Å². The van der Waals surface area contributed by atoms with Gasteiger partial charge in [0.15, 0.2) is 0 Å². The quantitative estimate of drug-likeness (QED) is 0.703. The van der Waals surface area contributed by atoms with E-state index in [4.69, 9.17) is 0 Å². The van der Waals surface area contributed by atoms with Crippen molar-refractivity contribution in [3.05, 3.63) is 29.1 Å². The van der Waals surface area contributed by atoms with E-state index in [1.165, 1.54) is 29.7 Å². The van der Waals surface area contributed by atoms with E-state index in [0.29, 0.717) is 0 Å². The summed E-state index contributed by atoms with van der Waals surface area (Å²) in [6.45, 7) is 6.43.